The molecule has 5 nitrogen and oxygen atoms in total. The summed E-state index contributed by atoms with van der Waals surface area (Å²) < 4.78 is 0. The number of rotatable bonds is 4. The van der Waals surface area contributed by atoms with Crippen LogP contribution in [-0.2, 0) is 0 Å². The number of anilines is 1. The summed E-state index contributed by atoms with van der Waals surface area (Å²) in [5.41, 5.74) is 0.982. The first-order chi connectivity index (χ1) is 8.99. The minimum atomic E-state index is -0.958. The fourth-order valence-electron chi connectivity index (χ4n) is 2.22. The molecular weight excluding hydrogens is 244 g/mol. The summed E-state index contributed by atoms with van der Waals surface area (Å²) in [5, 5.41) is 8.85. The zero-order valence-corrected chi connectivity index (χ0v) is 11.2. The molecule has 0 unspecified atom stereocenters. The summed E-state index contributed by atoms with van der Waals surface area (Å²) in [4.78, 5) is 26.5. The van der Waals surface area contributed by atoms with Crippen molar-refractivity contribution in [2.45, 2.75) is 13.8 Å². The van der Waals surface area contributed by atoms with Gasteiger partial charge in [-0.1, -0.05) is 13.8 Å². The molecule has 2 rings (SSSR count). The molecule has 0 saturated carbocycles. The number of carbonyl (C=O) groups is 2. The molecule has 1 aliphatic rings. The number of carbonyl (C=O) groups excluding carboxylic acids is 1. The molecule has 1 fully saturated rings. The van der Waals surface area contributed by atoms with Crippen LogP contribution in [0.25, 0.3) is 0 Å². The van der Waals surface area contributed by atoms with Crippen LogP contribution in [0.2, 0.25) is 0 Å². The second-order valence-electron chi connectivity index (χ2n) is 5.13. The number of hydrogen-bond donors (Lipinski definition) is 1. The van der Waals surface area contributed by atoms with Crippen molar-refractivity contribution in [3.05, 3.63) is 29.8 Å². The van der Waals surface area contributed by atoms with E-state index in [-0.39, 0.29) is 11.6 Å². The van der Waals surface area contributed by atoms with E-state index in [1.165, 1.54) is 12.1 Å². The monoisotopic (exact) mass is 262 g/mol. The Balaban J connectivity index is 2.11. The molecule has 0 aliphatic carbocycles. The molecule has 0 bridgehead atoms. The molecule has 1 N–H and O–H groups in total. The molecule has 5 heteroatoms. The lowest BCUT2D eigenvalue weighted by molar-refractivity contribution is 0.0697. The van der Waals surface area contributed by atoms with Gasteiger partial charge in [-0.2, -0.15) is 0 Å². The number of carboxylic acid groups (broad SMARTS) is 1. The van der Waals surface area contributed by atoms with E-state index in [0.29, 0.717) is 12.5 Å². The van der Waals surface area contributed by atoms with Crippen molar-refractivity contribution < 1.29 is 14.7 Å². The zero-order chi connectivity index (χ0) is 14.0. The molecule has 2 amide bonds. The molecule has 1 aromatic rings. The highest BCUT2D eigenvalue weighted by atomic mass is 16.4. The lowest BCUT2D eigenvalue weighted by Gasteiger charge is -2.20. The maximum atomic E-state index is 12.2. The minimum Gasteiger partial charge on any atom is -0.478 e. The van der Waals surface area contributed by atoms with Gasteiger partial charge < -0.3 is 10.0 Å². The Morgan fingerprint density at radius 2 is 1.89 bits per heavy atom. The predicted molar refractivity (Wildman–Crippen MR) is 72.6 cm³/mol. The van der Waals surface area contributed by atoms with E-state index in [2.05, 4.69) is 13.8 Å². The molecule has 1 saturated heterocycles. The average molecular weight is 262 g/mol. The summed E-state index contributed by atoms with van der Waals surface area (Å²) >= 11 is 0. The summed E-state index contributed by atoms with van der Waals surface area (Å²) in [7, 11) is 0. The van der Waals surface area contributed by atoms with Crippen LogP contribution in [0.1, 0.15) is 24.2 Å². The van der Waals surface area contributed by atoms with Gasteiger partial charge in [0.05, 0.1) is 5.56 Å². The van der Waals surface area contributed by atoms with Gasteiger partial charge in [0, 0.05) is 25.3 Å². The summed E-state index contributed by atoms with van der Waals surface area (Å²) in [6, 6.07) is 6.41. The van der Waals surface area contributed by atoms with Crippen molar-refractivity contribution in [3.8, 4) is 0 Å². The normalized spacial score (nSPS) is 15.4. The maximum Gasteiger partial charge on any atom is 0.335 e. The summed E-state index contributed by atoms with van der Waals surface area (Å²) in [6.45, 7) is 6.29. The SMILES string of the molecule is CC(C)CN1CCN(c2ccc(C(=O)O)cc2)C1=O. The molecule has 102 valence electrons. The quantitative estimate of drug-likeness (QED) is 0.905. The number of carboxylic acids is 1. The first-order valence-electron chi connectivity index (χ1n) is 6.39. The minimum absolute atomic E-state index is 0.00299. The molecule has 0 aromatic heterocycles. The number of urea groups is 1. The standard InChI is InChI=1S/C14H18N2O3/c1-10(2)9-15-7-8-16(14(15)19)12-5-3-11(4-6-12)13(17)18/h3-6,10H,7-9H2,1-2H3,(H,17,18). The second-order valence-corrected chi connectivity index (χ2v) is 5.13. The highest BCUT2D eigenvalue weighted by Gasteiger charge is 2.29. The van der Waals surface area contributed by atoms with Gasteiger partial charge in [-0.25, -0.2) is 9.59 Å². The van der Waals surface area contributed by atoms with Gasteiger partial charge in [-0.3, -0.25) is 4.90 Å². The zero-order valence-electron chi connectivity index (χ0n) is 11.2. The fourth-order valence-corrected chi connectivity index (χ4v) is 2.22. The number of benzene rings is 1. The summed E-state index contributed by atoms with van der Waals surface area (Å²) in [6.07, 6.45) is 0. The maximum absolute atomic E-state index is 12.2. The molecule has 1 aliphatic heterocycles. The average Bonchev–Trinajstić information content (AvgIpc) is 2.70. The second kappa shape index (κ2) is 5.30. The van der Waals surface area contributed by atoms with Crippen molar-refractivity contribution in [1.29, 1.82) is 0 Å². The Bertz CT molecular complexity index is 482. The van der Waals surface area contributed by atoms with E-state index in [1.807, 2.05) is 4.90 Å². The number of hydrogen-bond acceptors (Lipinski definition) is 2. The van der Waals surface area contributed by atoms with Crippen LogP contribution in [0.5, 0.6) is 0 Å². The van der Waals surface area contributed by atoms with E-state index in [0.717, 1.165) is 18.8 Å². The van der Waals surface area contributed by atoms with E-state index >= 15 is 0 Å². The largest absolute Gasteiger partial charge is 0.478 e. The number of amides is 2. The van der Waals surface area contributed by atoms with Crippen LogP contribution >= 0.6 is 0 Å². The summed E-state index contributed by atoms with van der Waals surface area (Å²) in [5.74, 6) is -0.515. The van der Waals surface area contributed by atoms with Crippen molar-refractivity contribution in [1.82, 2.24) is 4.90 Å². The number of nitrogens with zero attached hydrogens (tertiary/aromatic N) is 2. The molecule has 19 heavy (non-hydrogen) atoms. The van der Waals surface area contributed by atoms with Gasteiger partial charge in [0.2, 0.25) is 0 Å². The Labute approximate surface area is 112 Å². The Morgan fingerprint density at radius 1 is 1.26 bits per heavy atom. The Kier molecular flexibility index (Phi) is 3.74. The van der Waals surface area contributed by atoms with E-state index in [1.54, 1.807) is 17.0 Å². The van der Waals surface area contributed by atoms with Gasteiger partial charge in [0.15, 0.2) is 0 Å². The van der Waals surface area contributed by atoms with Crippen molar-refractivity contribution >= 4 is 17.7 Å². The van der Waals surface area contributed by atoms with Crippen LogP contribution in [0, 0.1) is 5.92 Å². The third kappa shape index (κ3) is 2.86. The van der Waals surface area contributed by atoms with Gasteiger partial charge in [0.1, 0.15) is 0 Å². The smallest absolute Gasteiger partial charge is 0.335 e. The van der Waals surface area contributed by atoms with Crippen molar-refractivity contribution in [3.63, 3.8) is 0 Å². The molecule has 1 heterocycles. The third-order valence-electron chi connectivity index (χ3n) is 3.11. The Hall–Kier alpha value is -2.04. The topological polar surface area (TPSA) is 60.9 Å². The Morgan fingerprint density at radius 3 is 2.42 bits per heavy atom. The third-order valence-corrected chi connectivity index (χ3v) is 3.11. The first kappa shape index (κ1) is 13.4. The van der Waals surface area contributed by atoms with E-state index < -0.39 is 5.97 Å². The van der Waals surface area contributed by atoms with Crippen LogP contribution in [0.4, 0.5) is 10.5 Å². The van der Waals surface area contributed by atoms with E-state index in [4.69, 9.17) is 5.11 Å². The van der Waals surface area contributed by atoms with Crippen LogP contribution in [0.15, 0.2) is 24.3 Å². The van der Waals surface area contributed by atoms with Crippen LogP contribution in [-0.4, -0.2) is 41.6 Å². The lowest BCUT2D eigenvalue weighted by atomic mass is 10.2. The highest BCUT2D eigenvalue weighted by Crippen LogP contribution is 2.21. The molecular formula is C14H18N2O3. The van der Waals surface area contributed by atoms with Gasteiger partial charge in [0.25, 0.3) is 0 Å². The molecule has 0 spiro atoms. The first-order valence-corrected chi connectivity index (χ1v) is 6.39. The van der Waals surface area contributed by atoms with Crippen LogP contribution < -0.4 is 4.90 Å². The number of aromatic carboxylic acids is 1. The molecule has 0 atom stereocenters. The van der Waals surface area contributed by atoms with Gasteiger partial charge >= 0.3 is 12.0 Å². The molecule has 1 aromatic carbocycles. The predicted octanol–water partition coefficient (Wildman–Crippen LogP) is 2.28. The fraction of sp³-hybridized carbons (Fsp3) is 0.429. The van der Waals surface area contributed by atoms with Gasteiger partial charge in [-0.05, 0) is 30.2 Å². The van der Waals surface area contributed by atoms with Crippen molar-refractivity contribution in [2.24, 2.45) is 5.92 Å². The van der Waals surface area contributed by atoms with E-state index in [9.17, 15) is 9.59 Å². The molecule has 0 radical (unpaired) electrons. The highest BCUT2D eigenvalue weighted by molar-refractivity contribution is 5.95. The van der Waals surface area contributed by atoms with Crippen LogP contribution in [0.3, 0.4) is 0 Å². The lowest BCUT2D eigenvalue weighted by Crippen LogP contribution is -2.34. The van der Waals surface area contributed by atoms with Gasteiger partial charge in [-0.15, -0.1) is 0 Å². The van der Waals surface area contributed by atoms with Crippen molar-refractivity contribution in [2.75, 3.05) is 24.5 Å².